The summed E-state index contributed by atoms with van der Waals surface area (Å²) in [5, 5.41) is 0. The molecule has 0 aliphatic rings. The van der Waals surface area contributed by atoms with Crippen molar-refractivity contribution in [2.24, 2.45) is 0 Å². The number of nitrogens with zero attached hydrogens (tertiary/aromatic N) is 2. The second kappa shape index (κ2) is 16.3. The highest BCUT2D eigenvalue weighted by Crippen LogP contribution is 2.25. The summed E-state index contributed by atoms with van der Waals surface area (Å²) in [4.78, 5) is 0.331. The predicted octanol–water partition coefficient (Wildman–Crippen LogP) is 5.89. The molecule has 0 fully saturated rings. The van der Waals surface area contributed by atoms with Gasteiger partial charge in [-0.25, -0.2) is 8.42 Å². The highest BCUT2D eigenvalue weighted by molar-refractivity contribution is 9.10. The molecular formula is C37H46Br2N2O2S. The third-order valence-electron chi connectivity index (χ3n) is 8.21. The molecule has 0 saturated heterocycles. The van der Waals surface area contributed by atoms with Crippen LogP contribution in [0, 0.1) is 27.7 Å². The van der Waals surface area contributed by atoms with Crippen LogP contribution in [-0.4, -0.2) is 36.8 Å². The van der Waals surface area contributed by atoms with Gasteiger partial charge < -0.3 is 21.5 Å². The average Bonchev–Trinajstić information content (AvgIpc) is 2.94. The van der Waals surface area contributed by atoms with Crippen LogP contribution in [-0.2, 0) is 29.7 Å². The number of rotatable bonds is 14. The van der Waals surface area contributed by atoms with E-state index in [0.29, 0.717) is 18.0 Å². The quantitative estimate of drug-likeness (QED) is 0.119. The summed E-state index contributed by atoms with van der Waals surface area (Å²) in [5.74, 6) is 0. The van der Waals surface area contributed by atoms with Crippen molar-refractivity contribution in [1.29, 1.82) is 0 Å². The molecule has 0 aliphatic heterocycles. The Bertz CT molecular complexity index is 1570. The van der Waals surface area contributed by atoms with E-state index in [9.17, 15) is 8.42 Å². The van der Waals surface area contributed by atoms with Crippen molar-refractivity contribution >= 4 is 26.0 Å². The highest BCUT2D eigenvalue weighted by Gasteiger charge is 2.28. The third-order valence-corrected chi connectivity index (χ3v) is 10.6. The minimum atomic E-state index is -3.66. The van der Waals surface area contributed by atoms with Crippen LogP contribution in [0.15, 0.2) is 100 Å². The first kappa shape index (κ1) is 36.2. The number of hydrogen-bond acceptors (Lipinski definition) is 2. The Kier molecular flexibility index (Phi) is 13.4. The molecular weight excluding hydrogens is 696 g/mol. The average molecular weight is 743 g/mol. The fraction of sp³-hybridized carbons (Fsp3) is 0.351. The van der Waals surface area contributed by atoms with Crippen LogP contribution < -0.4 is 17.0 Å². The number of unbranched alkanes of at least 4 members (excludes halogenated alkanes) is 1. The molecule has 0 amide bonds. The molecule has 0 aliphatic carbocycles. The highest BCUT2D eigenvalue weighted by atomic mass is 79.9. The number of hydrogen-bond donors (Lipinski definition) is 0. The smallest absolute Gasteiger partial charge is 0.243 e. The molecule has 1 unspecified atom stereocenters. The van der Waals surface area contributed by atoms with Gasteiger partial charge >= 0.3 is 0 Å². The van der Waals surface area contributed by atoms with Crippen molar-refractivity contribution in [3.63, 3.8) is 0 Å². The van der Waals surface area contributed by atoms with E-state index in [1.54, 1.807) is 28.6 Å². The zero-order valence-electron chi connectivity index (χ0n) is 26.7. The predicted molar refractivity (Wildman–Crippen MR) is 182 cm³/mol. The Morgan fingerprint density at radius 1 is 0.682 bits per heavy atom. The Morgan fingerprint density at radius 2 is 1.20 bits per heavy atom. The number of aryl methyl sites for hydroxylation is 4. The van der Waals surface area contributed by atoms with Crippen molar-refractivity contribution in [2.45, 2.75) is 72.0 Å². The van der Waals surface area contributed by atoms with E-state index in [1.807, 2.05) is 0 Å². The van der Waals surface area contributed by atoms with Gasteiger partial charge in [-0.1, -0.05) is 105 Å². The Labute approximate surface area is 284 Å². The van der Waals surface area contributed by atoms with Gasteiger partial charge in [0.15, 0.2) is 0 Å². The lowest BCUT2D eigenvalue weighted by atomic mass is 10.0. The van der Waals surface area contributed by atoms with Crippen LogP contribution in [0.2, 0.25) is 0 Å². The number of sulfonamides is 1. The lowest BCUT2D eigenvalue weighted by Crippen LogP contribution is -3.00. The molecule has 4 rings (SSSR count). The van der Waals surface area contributed by atoms with Crippen molar-refractivity contribution in [3.05, 3.63) is 134 Å². The normalized spacial score (nSPS) is 13.0. The maximum Gasteiger partial charge on any atom is 0.243 e. The summed E-state index contributed by atoms with van der Waals surface area (Å²) in [6, 6.07) is 30.9. The van der Waals surface area contributed by atoms with Crippen molar-refractivity contribution in [3.8, 4) is 0 Å². The molecule has 0 N–H and O–H groups in total. The molecule has 0 aromatic heterocycles. The van der Waals surface area contributed by atoms with Crippen LogP contribution in [0.4, 0.5) is 0 Å². The van der Waals surface area contributed by atoms with E-state index < -0.39 is 10.0 Å². The van der Waals surface area contributed by atoms with E-state index in [-0.39, 0.29) is 17.0 Å². The summed E-state index contributed by atoms with van der Waals surface area (Å²) in [6.07, 6.45) is 1.73. The maximum atomic E-state index is 13.9. The maximum absolute atomic E-state index is 13.9. The molecule has 44 heavy (non-hydrogen) atoms. The van der Waals surface area contributed by atoms with Crippen LogP contribution in [0.25, 0.3) is 0 Å². The van der Waals surface area contributed by atoms with Gasteiger partial charge in [0.25, 0.3) is 0 Å². The lowest BCUT2D eigenvalue weighted by Gasteiger charge is -2.38. The fourth-order valence-corrected chi connectivity index (χ4v) is 7.98. The molecule has 4 aromatic rings. The van der Waals surface area contributed by atoms with E-state index in [4.69, 9.17) is 0 Å². The van der Waals surface area contributed by atoms with Gasteiger partial charge in [-0.15, -0.1) is 0 Å². The largest absolute Gasteiger partial charge is 1.00 e. The summed E-state index contributed by atoms with van der Waals surface area (Å²) >= 11 is 3.44. The first-order valence-corrected chi connectivity index (χ1v) is 17.5. The van der Waals surface area contributed by atoms with Gasteiger partial charge in [-0.05, 0) is 77.3 Å². The molecule has 1 atom stereocenters. The van der Waals surface area contributed by atoms with Gasteiger partial charge in [0.2, 0.25) is 10.0 Å². The molecule has 0 spiro atoms. The minimum Gasteiger partial charge on any atom is -1.00 e. The van der Waals surface area contributed by atoms with E-state index in [2.05, 4.69) is 117 Å². The molecule has 0 heterocycles. The number of benzene rings is 4. The Balaban J connectivity index is 0.00000529. The van der Waals surface area contributed by atoms with Crippen LogP contribution in [0.5, 0.6) is 0 Å². The van der Waals surface area contributed by atoms with Gasteiger partial charge in [0, 0.05) is 28.7 Å². The molecule has 0 radical (unpaired) electrons. The fourth-order valence-electron chi connectivity index (χ4n) is 6.25. The van der Waals surface area contributed by atoms with Gasteiger partial charge in [0.05, 0.1) is 18.0 Å². The SMILES string of the molecule is CC[N+](CCCCN(Cc1cc(C)cc(C)c1)S(=O)(=O)c1ccc(Br)cc1)(Cc1ccccc1)Cc1cc(C)cc(C)c1.[Br-]. The monoisotopic (exact) mass is 740 g/mol. The molecule has 7 heteroatoms. The second-order valence-corrected chi connectivity index (χ2v) is 15.0. The van der Waals surface area contributed by atoms with Gasteiger partial charge in [-0.2, -0.15) is 4.31 Å². The summed E-state index contributed by atoms with van der Waals surface area (Å²) in [7, 11) is -3.66. The molecule has 0 saturated carbocycles. The Morgan fingerprint density at radius 3 is 1.75 bits per heavy atom. The second-order valence-electron chi connectivity index (χ2n) is 12.2. The van der Waals surface area contributed by atoms with Crippen LogP contribution in [0.3, 0.4) is 0 Å². The minimum absolute atomic E-state index is 0. The molecule has 4 aromatic carbocycles. The topological polar surface area (TPSA) is 37.4 Å². The number of halogens is 2. The van der Waals surface area contributed by atoms with Crippen LogP contribution >= 0.6 is 15.9 Å². The van der Waals surface area contributed by atoms with E-state index in [0.717, 1.165) is 64.7 Å². The summed E-state index contributed by atoms with van der Waals surface area (Å²) in [5.41, 5.74) is 8.61. The van der Waals surface area contributed by atoms with E-state index >= 15 is 0 Å². The summed E-state index contributed by atoms with van der Waals surface area (Å²) < 4.78 is 31.3. The first-order chi connectivity index (χ1) is 20.5. The number of quaternary nitrogens is 1. The standard InChI is InChI=1S/C37H46BrN2O2S.BrH/c1-6-40(27-33-12-8-7-9-13-33,28-35-24-31(4)21-32(5)25-35)19-11-10-18-39(26-34-22-29(2)20-30(3)23-34)43(41,42)37-16-14-36(38)15-17-37;/h7-9,12-17,20-25H,6,10-11,18-19,26-28H2,1-5H3;1H/q+1;/p-1. The summed E-state index contributed by atoms with van der Waals surface area (Å²) in [6.45, 7) is 15.5. The van der Waals surface area contributed by atoms with Crippen molar-refractivity contribution in [1.82, 2.24) is 4.31 Å². The Hall–Kier alpha value is -2.29. The first-order valence-electron chi connectivity index (χ1n) is 15.3. The molecule has 4 nitrogen and oxygen atoms in total. The zero-order chi connectivity index (χ0) is 31.0. The lowest BCUT2D eigenvalue weighted by molar-refractivity contribution is -0.952. The molecule has 236 valence electrons. The zero-order valence-corrected chi connectivity index (χ0v) is 30.7. The van der Waals surface area contributed by atoms with Crippen molar-refractivity contribution < 1.29 is 29.9 Å². The van der Waals surface area contributed by atoms with Gasteiger partial charge in [-0.3, -0.25) is 0 Å². The molecule has 0 bridgehead atoms. The van der Waals surface area contributed by atoms with Gasteiger partial charge in [0.1, 0.15) is 13.1 Å². The van der Waals surface area contributed by atoms with Crippen molar-refractivity contribution in [2.75, 3.05) is 19.6 Å². The van der Waals surface area contributed by atoms with E-state index in [1.165, 1.54) is 22.3 Å². The third kappa shape index (κ3) is 10.1. The van der Waals surface area contributed by atoms with Crippen LogP contribution in [0.1, 0.15) is 58.7 Å².